The summed E-state index contributed by atoms with van der Waals surface area (Å²) in [5, 5.41) is 8.82. The van der Waals surface area contributed by atoms with Crippen molar-refractivity contribution < 1.29 is 14.0 Å². The minimum atomic E-state index is -0.590. The van der Waals surface area contributed by atoms with Crippen LogP contribution in [0.25, 0.3) is 0 Å². The maximum absolute atomic E-state index is 12.9. The number of carbonyl (C=O) groups excluding carboxylic acids is 2. The molecule has 2 rings (SSSR count). The fourth-order valence-corrected chi connectivity index (χ4v) is 2.43. The van der Waals surface area contributed by atoms with Crippen LogP contribution in [0.5, 0.6) is 0 Å². The van der Waals surface area contributed by atoms with E-state index >= 15 is 0 Å². The van der Waals surface area contributed by atoms with Crippen molar-refractivity contribution in [1.82, 2.24) is 16.0 Å². The van der Waals surface area contributed by atoms with E-state index in [1.165, 1.54) is 12.1 Å². The van der Waals surface area contributed by atoms with Crippen molar-refractivity contribution in [1.29, 1.82) is 0 Å². The number of nitrogens with zero attached hydrogens (tertiary/aromatic N) is 1. The van der Waals surface area contributed by atoms with E-state index in [2.05, 4.69) is 20.9 Å². The normalized spacial score (nSPS) is 10.6. The Morgan fingerprint density at radius 1 is 0.966 bits per heavy atom. The summed E-state index contributed by atoms with van der Waals surface area (Å²) in [5.74, 6) is -0.542. The number of primary amides is 1. The molecular formula is C20H25FIN5O2. The zero-order valence-corrected chi connectivity index (χ0v) is 18.4. The number of benzene rings is 2. The van der Waals surface area contributed by atoms with E-state index in [1.807, 2.05) is 12.1 Å². The van der Waals surface area contributed by atoms with E-state index in [1.54, 1.807) is 31.3 Å². The fraction of sp³-hybridized carbons (Fsp3) is 0.250. The number of hydrogen-bond acceptors (Lipinski definition) is 3. The number of aliphatic imine (C=N–C) groups is 1. The Hall–Kier alpha value is -2.69. The Balaban J connectivity index is 0.00000420. The lowest BCUT2D eigenvalue weighted by Crippen LogP contribution is -2.37. The topological polar surface area (TPSA) is 109 Å². The van der Waals surface area contributed by atoms with E-state index in [4.69, 9.17) is 5.73 Å². The molecule has 0 aromatic heterocycles. The summed E-state index contributed by atoms with van der Waals surface area (Å²) in [6.45, 7) is 0.992. The molecule has 0 atom stereocenters. The predicted octanol–water partition coefficient (Wildman–Crippen LogP) is 1.57. The molecule has 2 amide bonds. The first-order valence-electron chi connectivity index (χ1n) is 8.82. The molecule has 29 heavy (non-hydrogen) atoms. The van der Waals surface area contributed by atoms with Gasteiger partial charge in [-0.2, -0.15) is 0 Å². The third-order valence-electron chi connectivity index (χ3n) is 3.94. The average molecular weight is 513 g/mol. The molecule has 0 bridgehead atoms. The summed E-state index contributed by atoms with van der Waals surface area (Å²) >= 11 is 0. The summed E-state index contributed by atoms with van der Waals surface area (Å²) in [6, 6.07) is 13.4. The van der Waals surface area contributed by atoms with Crippen LogP contribution in [-0.2, 0) is 17.8 Å². The van der Waals surface area contributed by atoms with Gasteiger partial charge in [-0.25, -0.2) is 4.39 Å². The van der Waals surface area contributed by atoms with Gasteiger partial charge in [-0.3, -0.25) is 14.6 Å². The van der Waals surface area contributed by atoms with Crippen LogP contribution in [-0.4, -0.2) is 37.9 Å². The van der Waals surface area contributed by atoms with E-state index in [-0.39, 0.29) is 42.2 Å². The predicted molar refractivity (Wildman–Crippen MR) is 122 cm³/mol. The minimum absolute atomic E-state index is 0. The smallest absolute Gasteiger partial charge is 0.251 e. The van der Waals surface area contributed by atoms with Crippen LogP contribution in [0, 0.1) is 5.82 Å². The fourth-order valence-electron chi connectivity index (χ4n) is 2.43. The zero-order chi connectivity index (χ0) is 20.4. The van der Waals surface area contributed by atoms with Crippen molar-refractivity contribution in [3.05, 3.63) is 71.0 Å². The molecule has 0 fully saturated rings. The molecule has 0 spiro atoms. The number of hydrogen-bond donors (Lipinski definition) is 4. The van der Waals surface area contributed by atoms with Crippen molar-refractivity contribution in [2.75, 3.05) is 20.1 Å². The lowest BCUT2D eigenvalue weighted by atomic mass is 10.1. The third-order valence-corrected chi connectivity index (χ3v) is 3.94. The van der Waals surface area contributed by atoms with E-state index < -0.39 is 5.91 Å². The van der Waals surface area contributed by atoms with Gasteiger partial charge in [0, 0.05) is 25.7 Å². The molecule has 2 aromatic carbocycles. The van der Waals surface area contributed by atoms with Gasteiger partial charge in [0.15, 0.2) is 5.96 Å². The molecule has 0 radical (unpaired) electrons. The summed E-state index contributed by atoms with van der Waals surface area (Å²) < 4.78 is 12.9. The first kappa shape index (κ1) is 24.3. The third kappa shape index (κ3) is 8.90. The monoisotopic (exact) mass is 513 g/mol. The number of nitrogens with one attached hydrogen (secondary N) is 3. The van der Waals surface area contributed by atoms with Gasteiger partial charge < -0.3 is 21.7 Å². The lowest BCUT2D eigenvalue weighted by Gasteiger charge is -2.12. The SMILES string of the molecule is CN=C(NCCc1ccc(F)cc1)NCc1ccc(C(=O)NCC(N)=O)cc1.I. The highest BCUT2D eigenvalue weighted by Crippen LogP contribution is 2.05. The van der Waals surface area contributed by atoms with Gasteiger partial charge in [0.1, 0.15) is 5.82 Å². The Morgan fingerprint density at radius 3 is 2.17 bits per heavy atom. The number of amides is 2. The maximum Gasteiger partial charge on any atom is 0.251 e. The van der Waals surface area contributed by atoms with Gasteiger partial charge >= 0.3 is 0 Å². The highest BCUT2D eigenvalue weighted by Gasteiger charge is 2.06. The quantitative estimate of drug-likeness (QED) is 0.244. The molecule has 0 unspecified atom stereocenters. The lowest BCUT2D eigenvalue weighted by molar-refractivity contribution is -0.117. The molecule has 156 valence electrons. The van der Waals surface area contributed by atoms with E-state index in [0.717, 1.165) is 17.5 Å². The summed E-state index contributed by atoms with van der Waals surface area (Å²) in [5.41, 5.74) is 7.46. The molecule has 0 heterocycles. The average Bonchev–Trinajstić information content (AvgIpc) is 2.70. The van der Waals surface area contributed by atoms with E-state index in [9.17, 15) is 14.0 Å². The van der Waals surface area contributed by atoms with Crippen LogP contribution in [0.2, 0.25) is 0 Å². The molecule has 7 nitrogen and oxygen atoms in total. The summed E-state index contributed by atoms with van der Waals surface area (Å²) in [6.07, 6.45) is 0.746. The van der Waals surface area contributed by atoms with Gasteiger partial charge in [-0.15, -0.1) is 24.0 Å². The number of halogens is 2. The minimum Gasteiger partial charge on any atom is -0.368 e. The summed E-state index contributed by atoms with van der Waals surface area (Å²) in [7, 11) is 1.68. The second-order valence-electron chi connectivity index (χ2n) is 6.07. The number of nitrogens with two attached hydrogens (primary N) is 1. The molecular weight excluding hydrogens is 488 g/mol. The molecule has 2 aromatic rings. The second kappa shape index (κ2) is 12.7. The van der Waals surface area contributed by atoms with Crippen molar-refractivity contribution >= 4 is 41.8 Å². The molecule has 0 aliphatic heterocycles. The van der Waals surface area contributed by atoms with Gasteiger partial charge in [0.2, 0.25) is 5.91 Å². The number of rotatable bonds is 8. The molecule has 0 aliphatic rings. The van der Waals surface area contributed by atoms with Gasteiger partial charge in [0.05, 0.1) is 6.54 Å². The Labute approximate surface area is 186 Å². The summed E-state index contributed by atoms with van der Waals surface area (Å²) in [4.78, 5) is 26.7. The Kier molecular flexibility index (Phi) is 10.7. The van der Waals surface area contributed by atoms with Crippen molar-refractivity contribution in [3.8, 4) is 0 Å². The first-order chi connectivity index (χ1) is 13.5. The highest BCUT2D eigenvalue weighted by molar-refractivity contribution is 14.0. The largest absolute Gasteiger partial charge is 0.368 e. The van der Waals surface area contributed by atoms with Crippen molar-refractivity contribution in [2.24, 2.45) is 10.7 Å². The van der Waals surface area contributed by atoms with Crippen LogP contribution in [0.1, 0.15) is 21.5 Å². The maximum atomic E-state index is 12.9. The van der Waals surface area contributed by atoms with Crippen LogP contribution in [0.15, 0.2) is 53.5 Å². The zero-order valence-electron chi connectivity index (χ0n) is 16.1. The second-order valence-corrected chi connectivity index (χ2v) is 6.07. The van der Waals surface area contributed by atoms with Crippen LogP contribution < -0.4 is 21.7 Å². The van der Waals surface area contributed by atoms with Crippen LogP contribution in [0.4, 0.5) is 4.39 Å². The number of carbonyl (C=O) groups is 2. The van der Waals surface area contributed by atoms with Crippen LogP contribution in [0.3, 0.4) is 0 Å². The standard InChI is InChI=1S/C20H24FN5O2.HI/c1-23-20(24-11-10-14-4-8-17(21)9-5-14)26-12-15-2-6-16(7-3-15)19(28)25-13-18(22)27;/h2-9H,10-13H2,1H3,(H2,22,27)(H,25,28)(H2,23,24,26);1H. The Bertz CT molecular complexity index is 826. The molecule has 9 heteroatoms. The van der Waals surface area contributed by atoms with Gasteiger partial charge in [-0.05, 0) is 41.8 Å². The Morgan fingerprint density at radius 2 is 1.59 bits per heavy atom. The van der Waals surface area contributed by atoms with Gasteiger partial charge in [-0.1, -0.05) is 24.3 Å². The molecule has 5 N–H and O–H groups in total. The van der Waals surface area contributed by atoms with Gasteiger partial charge in [0.25, 0.3) is 5.91 Å². The first-order valence-corrected chi connectivity index (χ1v) is 8.82. The van der Waals surface area contributed by atoms with Crippen molar-refractivity contribution in [3.63, 3.8) is 0 Å². The molecule has 0 saturated carbocycles. The number of guanidine groups is 1. The van der Waals surface area contributed by atoms with E-state index in [0.29, 0.717) is 24.6 Å². The molecule has 0 aliphatic carbocycles. The molecule has 0 saturated heterocycles. The van der Waals surface area contributed by atoms with Crippen molar-refractivity contribution in [2.45, 2.75) is 13.0 Å². The van der Waals surface area contributed by atoms with Crippen LogP contribution >= 0.6 is 24.0 Å². The highest BCUT2D eigenvalue weighted by atomic mass is 127.